The number of amides is 3. The molecule has 15 heavy (non-hydrogen) atoms. The van der Waals surface area contributed by atoms with Crippen LogP contribution < -0.4 is 11.1 Å². The highest BCUT2D eigenvalue weighted by molar-refractivity contribution is 5.93. The first kappa shape index (κ1) is 11.0. The van der Waals surface area contributed by atoms with E-state index in [1.807, 2.05) is 5.32 Å². The van der Waals surface area contributed by atoms with Gasteiger partial charge in [0.05, 0.1) is 0 Å². The van der Waals surface area contributed by atoms with E-state index in [1.165, 1.54) is 0 Å². The number of urea groups is 1. The van der Waals surface area contributed by atoms with E-state index in [4.69, 9.17) is 10.8 Å². The van der Waals surface area contributed by atoms with Crippen LogP contribution in [0.3, 0.4) is 0 Å². The molecular weight excluding hydrogens is 196 g/mol. The highest BCUT2D eigenvalue weighted by Gasteiger charge is 2.04. The summed E-state index contributed by atoms with van der Waals surface area (Å²) in [6.07, 6.45) is 0.688. The van der Waals surface area contributed by atoms with Gasteiger partial charge in [-0.05, 0) is 24.1 Å². The number of carbonyl (C=O) groups is 2. The molecule has 3 amide bonds. The Morgan fingerprint density at radius 1 is 1.27 bits per heavy atom. The largest absolute Gasteiger partial charge is 0.508 e. The molecule has 5 nitrogen and oxygen atoms in total. The Labute approximate surface area is 86.9 Å². The van der Waals surface area contributed by atoms with Crippen LogP contribution in [0.15, 0.2) is 24.3 Å². The van der Waals surface area contributed by atoms with E-state index < -0.39 is 11.9 Å². The maximum absolute atomic E-state index is 11.0. The van der Waals surface area contributed by atoms with Gasteiger partial charge >= 0.3 is 6.03 Å². The zero-order valence-electron chi connectivity index (χ0n) is 8.06. The number of carbonyl (C=O) groups excluding carboxylic acids is 2. The molecule has 80 valence electrons. The molecule has 0 aliphatic rings. The fourth-order valence-electron chi connectivity index (χ4n) is 1.12. The van der Waals surface area contributed by atoms with Gasteiger partial charge in [-0.2, -0.15) is 0 Å². The number of hydrogen-bond acceptors (Lipinski definition) is 3. The predicted octanol–water partition coefficient (Wildman–Crippen LogP) is 0.520. The SMILES string of the molecule is NC(=O)NC(=O)CCc1ccc(O)cc1. The molecule has 0 saturated heterocycles. The van der Waals surface area contributed by atoms with Crippen molar-refractivity contribution in [1.82, 2.24) is 5.32 Å². The number of imide groups is 1. The summed E-state index contributed by atoms with van der Waals surface area (Å²) < 4.78 is 0. The van der Waals surface area contributed by atoms with Crippen molar-refractivity contribution in [3.05, 3.63) is 29.8 Å². The van der Waals surface area contributed by atoms with Gasteiger partial charge in [0.15, 0.2) is 0 Å². The average molecular weight is 208 g/mol. The van der Waals surface area contributed by atoms with Crippen molar-refractivity contribution in [2.24, 2.45) is 5.73 Å². The number of primary amides is 1. The molecular formula is C10H12N2O3. The third kappa shape index (κ3) is 4.12. The van der Waals surface area contributed by atoms with Crippen LogP contribution >= 0.6 is 0 Å². The van der Waals surface area contributed by atoms with Crippen molar-refractivity contribution < 1.29 is 14.7 Å². The molecule has 0 atom stereocenters. The van der Waals surface area contributed by atoms with E-state index in [1.54, 1.807) is 24.3 Å². The van der Waals surface area contributed by atoms with Crippen molar-refractivity contribution >= 4 is 11.9 Å². The van der Waals surface area contributed by atoms with Crippen LogP contribution in [0.1, 0.15) is 12.0 Å². The normalized spacial score (nSPS) is 9.60. The van der Waals surface area contributed by atoms with E-state index in [0.717, 1.165) is 5.56 Å². The van der Waals surface area contributed by atoms with E-state index in [9.17, 15) is 9.59 Å². The van der Waals surface area contributed by atoms with Gasteiger partial charge in [0.25, 0.3) is 0 Å². The summed E-state index contributed by atoms with van der Waals surface area (Å²) in [4.78, 5) is 21.4. The van der Waals surface area contributed by atoms with Gasteiger partial charge in [-0.3, -0.25) is 10.1 Å². The minimum atomic E-state index is -0.842. The standard InChI is InChI=1S/C10H12N2O3/c11-10(15)12-9(14)6-3-7-1-4-8(13)5-2-7/h1-2,4-5,13H,3,6H2,(H3,11,12,14,15). The molecule has 0 spiro atoms. The third-order valence-electron chi connectivity index (χ3n) is 1.84. The van der Waals surface area contributed by atoms with Crippen LogP contribution in [0.5, 0.6) is 5.75 Å². The van der Waals surface area contributed by atoms with Crippen molar-refractivity contribution in [3.63, 3.8) is 0 Å². The summed E-state index contributed by atoms with van der Waals surface area (Å²) in [6, 6.07) is 5.67. The van der Waals surface area contributed by atoms with Gasteiger partial charge in [-0.1, -0.05) is 12.1 Å². The zero-order valence-corrected chi connectivity index (χ0v) is 8.06. The van der Waals surface area contributed by atoms with Crippen LogP contribution in [0.2, 0.25) is 0 Å². The second-order valence-corrected chi connectivity index (χ2v) is 3.08. The quantitative estimate of drug-likeness (QED) is 0.676. The second kappa shape index (κ2) is 4.99. The lowest BCUT2D eigenvalue weighted by molar-refractivity contribution is -0.119. The summed E-state index contributed by atoms with van der Waals surface area (Å²) in [6.45, 7) is 0. The molecule has 1 aromatic rings. The smallest absolute Gasteiger partial charge is 0.318 e. The molecule has 1 rings (SSSR count). The van der Waals surface area contributed by atoms with Crippen LogP contribution in [-0.2, 0) is 11.2 Å². The van der Waals surface area contributed by atoms with Crippen molar-refractivity contribution in [3.8, 4) is 5.75 Å². The van der Waals surface area contributed by atoms with Crippen LogP contribution in [0.4, 0.5) is 4.79 Å². The summed E-state index contributed by atoms with van der Waals surface area (Å²) in [7, 11) is 0. The lowest BCUT2D eigenvalue weighted by Crippen LogP contribution is -2.35. The van der Waals surface area contributed by atoms with Gasteiger partial charge in [0.1, 0.15) is 5.75 Å². The van der Waals surface area contributed by atoms with E-state index in [-0.39, 0.29) is 12.2 Å². The van der Waals surface area contributed by atoms with Gasteiger partial charge in [-0.15, -0.1) is 0 Å². The number of aromatic hydroxyl groups is 1. The number of phenolic OH excluding ortho intramolecular Hbond substituents is 1. The number of phenols is 1. The highest BCUT2D eigenvalue weighted by Crippen LogP contribution is 2.10. The summed E-state index contributed by atoms with van der Waals surface area (Å²) in [5.74, 6) is -0.226. The molecule has 0 unspecified atom stereocenters. The van der Waals surface area contributed by atoms with Gasteiger partial charge in [0, 0.05) is 6.42 Å². The lowest BCUT2D eigenvalue weighted by atomic mass is 10.1. The molecule has 1 aromatic carbocycles. The summed E-state index contributed by atoms with van der Waals surface area (Å²) in [5, 5.41) is 11.0. The first-order valence-corrected chi connectivity index (χ1v) is 4.45. The highest BCUT2D eigenvalue weighted by atomic mass is 16.3. The Morgan fingerprint density at radius 2 is 1.87 bits per heavy atom. The molecule has 5 heteroatoms. The Kier molecular flexibility index (Phi) is 3.68. The van der Waals surface area contributed by atoms with Gasteiger partial charge < -0.3 is 10.8 Å². The van der Waals surface area contributed by atoms with Crippen LogP contribution in [0, 0.1) is 0 Å². The number of rotatable bonds is 3. The van der Waals surface area contributed by atoms with Crippen molar-refractivity contribution in [2.45, 2.75) is 12.8 Å². The first-order chi connectivity index (χ1) is 7.08. The molecule has 4 N–H and O–H groups in total. The van der Waals surface area contributed by atoms with E-state index in [0.29, 0.717) is 6.42 Å². The maximum atomic E-state index is 11.0. The Bertz CT molecular complexity index is 359. The van der Waals surface area contributed by atoms with Crippen LogP contribution in [0.25, 0.3) is 0 Å². The molecule has 0 aliphatic heterocycles. The molecule has 0 saturated carbocycles. The topological polar surface area (TPSA) is 92.4 Å². The lowest BCUT2D eigenvalue weighted by Gasteiger charge is -2.01. The molecule has 0 bridgehead atoms. The second-order valence-electron chi connectivity index (χ2n) is 3.08. The maximum Gasteiger partial charge on any atom is 0.318 e. The summed E-state index contributed by atoms with van der Waals surface area (Å²) >= 11 is 0. The number of nitrogens with one attached hydrogen (secondary N) is 1. The monoisotopic (exact) mass is 208 g/mol. The Balaban J connectivity index is 2.40. The molecule has 0 heterocycles. The average Bonchev–Trinajstić information content (AvgIpc) is 2.16. The van der Waals surface area contributed by atoms with Gasteiger partial charge in [-0.25, -0.2) is 4.79 Å². The molecule has 0 aromatic heterocycles. The first-order valence-electron chi connectivity index (χ1n) is 4.45. The minimum absolute atomic E-state index is 0.181. The van der Waals surface area contributed by atoms with Crippen molar-refractivity contribution in [1.29, 1.82) is 0 Å². The van der Waals surface area contributed by atoms with E-state index in [2.05, 4.69) is 0 Å². The molecule has 0 fully saturated rings. The predicted molar refractivity (Wildman–Crippen MR) is 54.2 cm³/mol. The summed E-state index contributed by atoms with van der Waals surface area (Å²) in [5.41, 5.74) is 5.69. The fourth-order valence-corrected chi connectivity index (χ4v) is 1.12. The molecule has 0 radical (unpaired) electrons. The van der Waals surface area contributed by atoms with Crippen LogP contribution in [-0.4, -0.2) is 17.0 Å². The van der Waals surface area contributed by atoms with Crippen molar-refractivity contribution in [2.75, 3.05) is 0 Å². The van der Waals surface area contributed by atoms with E-state index >= 15 is 0 Å². The Hall–Kier alpha value is -2.04. The third-order valence-corrected chi connectivity index (χ3v) is 1.84. The number of aryl methyl sites for hydroxylation is 1. The number of nitrogens with two attached hydrogens (primary N) is 1. The fraction of sp³-hybridized carbons (Fsp3) is 0.200. The molecule has 0 aliphatic carbocycles. The number of benzene rings is 1. The number of hydrogen-bond donors (Lipinski definition) is 3. The Morgan fingerprint density at radius 3 is 2.40 bits per heavy atom. The minimum Gasteiger partial charge on any atom is -0.508 e. The zero-order chi connectivity index (χ0) is 11.3. The van der Waals surface area contributed by atoms with Gasteiger partial charge in [0.2, 0.25) is 5.91 Å².